The lowest BCUT2D eigenvalue weighted by Crippen LogP contribution is -2.56. The van der Waals surface area contributed by atoms with E-state index in [0.717, 1.165) is 4.31 Å². The third-order valence-electron chi connectivity index (χ3n) is 3.79. The van der Waals surface area contributed by atoms with Gasteiger partial charge in [0.15, 0.2) is 0 Å². The lowest BCUT2D eigenvalue weighted by Gasteiger charge is -2.34. The number of hydrogen-bond donors (Lipinski definition) is 4. The zero-order chi connectivity index (χ0) is 19.3. The van der Waals surface area contributed by atoms with E-state index in [2.05, 4.69) is 10.0 Å². The Labute approximate surface area is 156 Å². The molecule has 1 aliphatic rings. The molecule has 1 fully saturated rings. The first kappa shape index (κ1) is 20.4. The van der Waals surface area contributed by atoms with E-state index in [1.54, 1.807) is 24.3 Å². The van der Waals surface area contributed by atoms with Crippen LogP contribution >= 0.6 is 11.6 Å². The normalized spacial score (nSPS) is 16.8. The number of anilines is 1. The molecule has 1 heterocycles. The van der Waals surface area contributed by atoms with Crippen LogP contribution in [0.5, 0.6) is 0 Å². The van der Waals surface area contributed by atoms with Crippen LogP contribution in [0.3, 0.4) is 0 Å². The monoisotopic (exact) mass is 405 g/mol. The Balaban J connectivity index is 1.88. The van der Waals surface area contributed by atoms with Gasteiger partial charge >= 0.3 is 6.03 Å². The number of urea groups is 1. The maximum absolute atomic E-state index is 12.2. The minimum absolute atomic E-state index is 0.0802. The number of nitrogens with one attached hydrogen (secondary N) is 3. The van der Waals surface area contributed by atoms with Crippen LogP contribution in [0.15, 0.2) is 24.3 Å². The highest BCUT2D eigenvalue weighted by atomic mass is 35.5. The van der Waals surface area contributed by atoms with Crippen LogP contribution in [0.4, 0.5) is 10.5 Å². The summed E-state index contributed by atoms with van der Waals surface area (Å²) >= 11 is 5.79. The van der Waals surface area contributed by atoms with Crippen molar-refractivity contribution in [2.24, 2.45) is 0 Å². The molecule has 1 saturated heterocycles. The van der Waals surface area contributed by atoms with Crippen LogP contribution in [0.2, 0.25) is 5.02 Å². The second-order valence-corrected chi connectivity index (χ2v) is 7.78. The molecule has 0 saturated carbocycles. The molecule has 26 heavy (non-hydrogen) atoms. The van der Waals surface area contributed by atoms with E-state index in [4.69, 9.17) is 16.8 Å². The summed E-state index contributed by atoms with van der Waals surface area (Å²) in [5.74, 6) is -0.866. The lowest BCUT2D eigenvalue weighted by atomic mass is 10.3. The summed E-state index contributed by atoms with van der Waals surface area (Å²) in [7, 11) is -3.91. The number of nitrogens with zero attached hydrogens (tertiary/aromatic N) is 2. The summed E-state index contributed by atoms with van der Waals surface area (Å²) in [6, 6.07) is 5.16. The van der Waals surface area contributed by atoms with E-state index < -0.39 is 22.2 Å². The van der Waals surface area contributed by atoms with E-state index in [1.165, 1.54) is 17.3 Å². The van der Waals surface area contributed by atoms with Crippen molar-refractivity contribution in [1.29, 1.82) is 0 Å². The summed E-state index contributed by atoms with van der Waals surface area (Å²) in [6.45, 7) is 1.86. The zero-order valence-corrected chi connectivity index (χ0v) is 15.5. The van der Waals surface area contributed by atoms with Crippen molar-refractivity contribution in [2.75, 3.05) is 31.5 Å². The zero-order valence-electron chi connectivity index (χ0n) is 14.0. The number of hydrogen-bond acceptors (Lipinski definition) is 5. The number of hydroxylamine groups is 1. The molecule has 1 aromatic rings. The molecule has 0 unspecified atom stereocenters. The van der Waals surface area contributed by atoms with Gasteiger partial charge in [0, 0.05) is 36.9 Å². The van der Waals surface area contributed by atoms with Gasteiger partial charge in [-0.3, -0.25) is 10.0 Å². The van der Waals surface area contributed by atoms with Gasteiger partial charge in [-0.05, 0) is 31.2 Å². The predicted octanol–water partition coefficient (Wildman–Crippen LogP) is 0.218. The molecule has 0 radical (unpaired) electrons. The number of halogens is 1. The van der Waals surface area contributed by atoms with E-state index in [-0.39, 0.29) is 32.2 Å². The highest BCUT2D eigenvalue weighted by Crippen LogP contribution is 2.15. The van der Waals surface area contributed by atoms with Gasteiger partial charge in [0.05, 0.1) is 0 Å². The van der Waals surface area contributed by atoms with Crippen molar-refractivity contribution in [2.45, 2.75) is 13.0 Å². The second-order valence-electron chi connectivity index (χ2n) is 5.64. The number of rotatable bonds is 5. The van der Waals surface area contributed by atoms with Crippen LogP contribution in [-0.2, 0) is 15.0 Å². The van der Waals surface area contributed by atoms with Gasteiger partial charge in [0.1, 0.15) is 6.04 Å². The Morgan fingerprint density at radius 1 is 1.15 bits per heavy atom. The third kappa shape index (κ3) is 5.29. The molecule has 12 heteroatoms. The van der Waals surface area contributed by atoms with Gasteiger partial charge in [-0.15, -0.1) is 0 Å². The van der Waals surface area contributed by atoms with Gasteiger partial charge in [-0.2, -0.15) is 17.4 Å². The molecule has 0 spiro atoms. The Bertz CT molecular complexity index is 749. The molecule has 3 amide bonds. The number of piperazine rings is 1. The summed E-state index contributed by atoms with van der Waals surface area (Å²) < 4.78 is 27.8. The maximum Gasteiger partial charge on any atom is 0.321 e. The predicted molar refractivity (Wildman–Crippen MR) is 95.1 cm³/mol. The van der Waals surface area contributed by atoms with Crippen LogP contribution in [-0.4, -0.2) is 67.0 Å². The van der Waals surface area contributed by atoms with Gasteiger partial charge in [-0.25, -0.2) is 10.3 Å². The number of amides is 3. The van der Waals surface area contributed by atoms with Crippen molar-refractivity contribution >= 4 is 39.4 Å². The van der Waals surface area contributed by atoms with E-state index in [0.29, 0.717) is 10.7 Å². The lowest BCUT2D eigenvalue weighted by molar-refractivity contribution is -0.130. The van der Waals surface area contributed by atoms with Crippen molar-refractivity contribution in [3.05, 3.63) is 29.3 Å². The standard InChI is InChI=1S/C14H20ClN5O5S/c1-10(13(21)17-23)18-26(24,25)20-8-6-19(7-9-20)14(22)16-12-4-2-11(15)3-5-12/h2-5,10,18,23H,6-9H2,1H3,(H,16,22)(H,17,21)/t10-/m1/s1. The number of carbonyl (C=O) groups is 2. The van der Waals surface area contributed by atoms with Crippen molar-refractivity contribution in [1.82, 2.24) is 19.4 Å². The molecule has 144 valence electrons. The van der Waals surface area contributed by atoms with Gasteiger partial charge < -0.3 is 10.2 Å². The summed E-state index contributed by atoms with van der Waals surface area (Å²) in [5, 5.41) is 11.8. The Morgan fingerprint density at radius 2 is 1.73 bits per heavy atom. The molecule has 2 rings (SSSR count). The van der Waals surface area contributed by atoms with E-state index in [1.807, 2.05) is 0 Å². The fourth-order valence-corrected chi connectivity index (χ4v) is 3.79. The van der Waals surface area contributed by atoms with E-state index in [9.17, 15) is 18.0 Å². The maximum atomic E-state index is 12.2. The molecule has 0 bridgehead atoms. The fraction of sp³-hybridized carbons (Fsp3) is 0.429. The quantitative estimate of drug-likeness (QED) is 0.411. The second kappa shape index (κ2) is 8.64. The van der Waals surface area contributed by atoms with Gasteiger partial charge in [0.2, 0.25) is 0 Å². The molecular weight excluding hydrogens is 386 g/mol. The van der Waals surface area contributed by atoms with Gasteiger partial charge in [0.25, 0.3) is 16.1 Å². The average molecular weight is 406 g/mol. The largest absolute Gasteiger partial charge is 0.322 e. The molecule has 4 N–H and O–H groups in total. The van der Waals surface area contributed by atoms with E-state index >= 15 is 0 Å². The van der Waals surface area contributed by atoms with Crippen LogP contribution in [0, 0.1) is 0 Å². The first-order valence-electron chi connectivity index (χ1n) is 7.76. The number of carbonyl (C=O) groups excluding carboxylic acids is 2. The van der Waals surface area contributed by atoms with Crippen LogP contribution in [0.1, 0.15) is 6.92 Å². The Hall–Kier alpha value is -1.92. The molecule has 1 aromatic carbocycles. The van der Waals surface area contributed by atoms with Crippen LogP contribution in [0.25, 0.3) is 0 Å². The Kier molecular flexibility index (Phi) is 6.78. The minimum Gasteiger partial charge on any atom is -0.322 e. The SMILES string of the molecule is C[C@@H](NS(=O)(=O)N1CCN(C(=O)Nc2ccc(Cl)cc2)CC1)C(=O)NO. The van der Waals surface area contributed by atoms with Crippen molar-refractivity contribution in [3.63, 3.8) is 0 Å². The molecule has 1 atom stereocenters. The fourth-order valence-electron chi connectivity index (χ4n) is 2.32. The van der Waals surface area contributed by atoms with Crippen molar-refractivity contribution in [3.8, 4) is 0 Å². The molecular formula is C14H20ClN5O5S. The number of benzene rings is 1. The first-order valence-corrected chi connectivity index (χ1v) is 9.57. The minimum atomic E-state index is -3.91. The summed E-state index contributed by atoms with van der Waals surface area (Å²) in [4.78, 5) is 25.0. The summed E-state index contributed by atoms with van der Waals surface area (Å²) in [5.41, 5.74) is 1.97. The highest BCUT2D eigenvalue weighted by Gasteiger charge is 2.31. The van der Waals surface area contributed by atoms with Crippen molar-refractivity contribution < 1.29 is 23.2 Å². The van der Waals surface area contributed by atoms with Crippen LogP contribution < -0.4 is 15.5 Å². The first-order chi connectivity index (χ1) is 12.2. The highest BCUT2D eigenvalue weighted by molar-refractivity contribution is 7.87. The summed E-state index contributed by atoms with van der Waals surface area (Å²) in [6.07, 6.45) is 0. The molecule has 1 aliphatic heterocycles. The van der Waals surface area contributed by atoms with Gasteiger partial charge in [-0.1, -0.05) is 11.6 Å². The molecule has 0 aromatic heterocycles. The third-order valence-corrected chi connectivity index (χ3v) is 5.74. The molecule has 10 nitrogen and oxygen atoms in total. The topological polar surface area (TPSA) is 131 Å². The smallest absolute Gasteiger partial charge is 0.321 e. The molecule has 0 aliphatic carbocycles. The Morgan fingerprint density at radius 3 is 2.27 bits per heavy atom. The average Bonchev–Trinajstić information content (AvgIpc) is 2.62.